The van der Waals surface area contributed by atoms with Crippen LogP contribution < -0.4 is 0 Å². The van der Waals surface area contributed by atoms with Gasteiger partial charge in [-0.25, -0.2) is 4.68 Å². The first-order valence-corrected chi connectivity index (χ1v) is 3.64. The van der Waals surface area contributed by atoms with Crippen LogP contribution >= 0.6 is 0 Å². The highest BCUT2D eigenvalue weighted by molar-refractivity contribution is 5.75. The van der Waals surface area contributed by atoms with Crippen LogP contribution in [0.2, 0.25) is 0 Å². The van der Waals surface area contributed by atoms with Crippen LogP contribution in [0.15, 0.2) is 6.07 Å². The average molecular weight is 208 g/mol. The van der Waals surface area contributed by atoms with Crippen molar-refractivity contribution in [2.24, 2.45) is 0 Å². The molecule has 4 nitrogen and oxygen atoms in total. The lowest BCUT2D eigenvalue weighted by molar-refractivity contribution is -0.141. The second kappa shape index (κ2) is 3.32. The number of aromatic hydroxyl groups is 1. The third-order valence-corrected chi connectivity index (χ3v) is 1.42. The molecule has 0 aliphatic carbocycles. The number of halogens is 3. The normalized spacial score (nSPS) is 11.7. The van der Waals surface area contributed by atoms with Gasteiger partial charge in [0.1, 0.15) is 6.54 Å². The van der Waals surface area contributed by atoms with Crippen LogP contribution in [0.25, 0.3) is 0 Å². The molecule has 0 radical (unpaired) electrons. The minimum Gasteiger partial charge on any atom is -0.493 e. The van der Waals surface area contributed by atoms with Gasteiger partial charge in [0.15, 0.2) is 11.5 Å². The molecule has 1 aromatic heterocycles. The quantitative estimate of drug-likeness (QED) is 0.794. The third-order valence-electron chi connectivity index (χ3n) is 1.42. The van der Waals surface area contributed by atoms with Gasteiger partial charge in [-0.2, -0.15) is 18.3 Å². The molecule has 0 unspecified atom stereocenters. The molecule has 14 heavy (non-hydrogen) atoms. The highest BCUT2D eigenvalue weighted by Gasteiger charge is 2.35. The van der Waals surface area contributed by atoms with Crippen LogP contribution in [0.1, 0.15) is 12.6 Å². The van der Waals surface area contributed by atoms with E-state index in [-0.39, 0.29) is 6.54 Å². The molecule has 0 bridgehead atoms. The van der Waals surface area contributed by atoms with Gasteiger partial charge >= 0.3 is 6.18 Å². The molecule has 0 aliphatic rings. The molecule has 0 atom stereocenters. The molecule has 0 saturated heterocycles. The van der Waals surface area contributed by atoms with E-state index in [9.17, 15) is 18.0 Å². The highest BCUT2D eigenvalue weighted by Crippen LogP contribution is 2.30. The second-order valence-corrected chi connectivity index (χ2v) is 2.75. The number of hydrogen-bond donors (Lipinski definition) is 1. The highest BCUT2D eigenvalue weighted by atomic mass is 19.4. The molecular weight excluding hydrogens is 201 g/mol. The van der Waals surface area contributed by atoms with Gasteiger partial charge in [0, 0.05) is 6.07 Å². The summed E-state index contributed by atoms with van der Waals surface area (Å²) in [6.07, 6.45) is -4.61. The maximum absolute atomic E-state index is 12.0. The Morgan fingerprint density at radius 3 is 2.57 bits per heavy atom. The molecule has 0 saturated carbocycles. The number of alkyl halides is 3. The summed E-state index contributed by atoms with van der Waals surface area (Å²) in [5, 5.41) is 12.0. The second-order valence-electron chi connectivity index (χ2n) is 2.75. The van der Waals surface area contributed by atoms with Gasteiger partial charge in [0.2, 0.25) is 5.88 Å². The fraction of sp³-hybridized carbons (Fsp3) is 0.429. The number of carbonyl (C=O) groups is 1. The Morgan fingerprint density at radius 1 is 1.64 bits per heavy atom. The van der Waals surface area contributed by atoms with E-state index < -0.39 is 23.5 Å². The molecular formula is C7H7F3N2O2. The van der Waals surface area contributed by atoms with Crippen molar-refractivity contribution in [3.63, 3.8) is 0 Å². The fourth-order valence-corrected chi connectivity index (χ4v) is 0.873. The Labute approximate surface area is 77.0 Å². The first kappa shape index (κ1) is 10.6. The van der Waals surface area contributed by atoms with Crippen LogP contribution in [-0.2, 0) is 17.5 Å². The summed E-state index contributed by atoms with van der Waals surface area (Å²) in [5.41, 5.74) is -1.21. The van der Waals surface area contributed by atoms with Crippen molar-refractivity contribution in [1.29, 1.82) is 0 Å². The van der Waals surface area contributed by atoms with Gasteiger partial charge in [0.05, 0.1) is 0 Å². The number of carbonyl (C=O) groups excluding carboxylic acids is 1. The molecule has 0 fully saturated rings. The zero-order valence-corrected chi connectivity index (χ0v) is 7.17. The predicted molar refractivity (Wildman–Crippen MR) is 39.6 cm³/mol. The van der Waals surface area contributed by atoms with Crippen molar-refractivity contribution < 1.29 is 23.1 Å². The summed E-state index contributed by atoms with van der Waals surface area (Å²) in [6.45, 7) is 0.816. The maximum atomic E-state index is 12.0. The fourth-order valence-electron chi connectivity index (χ4n) is 0.873. The van der Waals surface area contributed by atoms with Crippen LogP contribution in [0, 0.1) is 0 Å². The van der Waals surface area contributed by atoms with Gasteiger partial charge in [-0.05, 0) is 6.92 Å². The zero-order valence-electron chi connectivity index (χ0n) is 7.17. The monoisotopic (exact) mass is 208 g/mol. The predicted octanol–water partition coefficient (Wildman–Crippen LogP) is 1.20. The van der Waals surface area contributed by atoms with Gasteiger partial charge in [0.25, 0.3) is 0 Å². The molecule has 7 heteroatoms. The molecule has 0 aliphatic heterocycles. The lowest BCUT2D eigenvalue weighted by Crippen LogP contribution is -2.11. The number of aromatic nitrogens is 2. The number of nitrogens with zero attached hydrogens (tertiary/aromatic N) is 2. The molecule has 78 valence electrons. The van der Waals surface area contributed by atoms with E-state index in [0.717, 1.165) is 0 Å². The van der Waals surface area contributed by atoms with Crippen molar-refractivity contribution in [1.82, 2.24) is 9.78 Å². The van der Waals surface area contributed by atoms with Crippen LogP contribution in [0.5, 0.6) is 5.88 Å². The van der Waals surface area contributed by atoms with Crippen LogP contribution in [0.3, 0.4) is 0 Å². The Kier molecular flexibility index (Phi) is 2.50. The molecule has 0 amide bonds. The zero-order chi connectivity index (χ0) is 10.9. The Bertz CT molecular complexity index is 356. The lowest BCUT2D eigenvalue weighted by Gasteiger charge is -2.00. The molecule has 1 N–H and O–H groups in total. The van der Waals surface area contributed by atoms with Crippen molar-refractivity contribution >= 4 is 5.78 Å². The van der Waals surface area contributed by atoms with Crippen molar-refractivity contribution in [3.05, 3.63) is 11.8 Å². The van der Waals surface area contributed by atoms with E-state index in [4.69, 9.17) is 5.11 Å². The lowest BCUT2D eigenvalue weighted by atomic mass is 10.4. The summed E-state index contributed by atoms with van der Waals surface area (Å²) in [6, 6.07) is 0.475. The number of Topliss-reactive ketones (excluding diaryl/α,β-unsaturated/α-hetero) is 1. The number of ketones is 1. The van der Waals surface area contributed by atoms with Gasteiger partial charge in [-0.1, -0.05) is 0 Å². The Hall–Kier alpha value is -1.53. The minimum atomic E-state index is -4.61. The Balaban J connectivity index is 2.99. The topological polar surface area (TPSA) is 55.1 Å². The molecule has 0 spiro atoms. The summed E-state index contributed by atoms with van der Waals surface area (Å²) in [4.78, 5) is 10.6. The van der Waals surface area contributed by atoms with E-state index in [1.54, 1.807) is 0 Å². The molecule has 1 aromatic rings. The summed E-state index contributed by atoms with van der Waals surface area (Å²) < 4.78 is 36.7. The van der Waals surface area contributed by atoms with E-state index in [0.29, 0.717) is 10.7 Å². The van der Waals surface area contributed by atoms with E-state index >= 15 is 0 Å². The SMILES string of the molecule is CC(=O)Cn1nc(C(F)(F)F)cc1O. The van der Waals surface area contributed by atoms with Crippen molar-refractivity contribution in [2.75, 3.05) is 0 Å². The summed E-state index contributed by atoms with van der Waals surface area (Å²) in [5.74, 6) is -1.07. The largest absolute Gasteiger partial charge is 0.493 e. The minimum absolute atomic E-state index is 0.373. The Morgan fingerprint density at radius 2 is 2.21 bits per heavy atom. The third kappa shape index (κ3) is 2.24. The first-order chi connectivity index (χ1) is 6.30. The maximum Gasteiger partial charge on any atom is 0.435 e. The number of hydrogen-bond acceptors (Lipinski definition) is 3. The van der Waals surface area contributed by atoms with E-state index in [2.05, 4.69) is 5.10 Å². The number of rotatable bonds is 2. The van der Waals surface area contributed by atoms with Crippen molar-refractivity contribution in [2.45, 2.75) is 19.6 Å². The van der Waals surface area contributed by atoms with Gasteiger partial charge in [-0.15, -0.1) is 0 Å². The van der Waals surface area contributed by atoms with E-state index in [1.807, 2.05) is 0 Å². The molecule has 1 rings (SSSR count). The summed E-state index contributed by atoms with van der Waals surface area (Å²) >= 11 is 0. The van der Waals surface area contributed by atoms with Gasteiger partial charge < -0.3 is 5.11 Å². The molecule has 1 heterocycles. The van der Waals surface area contributed by atoms with Crippen LogP contribution in [0.4, 0.5) is 13.2 Å². The van der Waals surface area contributed by atoms with Crippen LogP contribution in [-0.4, -0.2) is 20.7 Å². The summed E-state index contributed by atoms with van der Waals surface area (Å²) in [7, 11) is 0. The van der Waals surface area contributed by atoms with Crippen molar-refractivity contribution in [3.8, 4) is 5.88 Å². The first-order valence-electron chi connectivity index (χ1n) is 3.64. The van der Waals surface area contributed by atoms with E-state index in [1.165, 1.54) is 6.92 Å². The molecule has 0 aromatic carbocycles. The average Bonchev–Trinajstić information content (AvgIpc) is 2.30. The standard InChI is InChI=1S/C7H7F3N2O2/c1-4(13)3-12-6(14)2-5(11-12)7(8,9)10/h2,14H,3H2,1H3. The van der Waals surface area contributed by atoms with Gasteiger partial charge in [-0.3, -0.25) is 4.79 Å². The smallest absolute Gasteiger partial charge is 0.435 e.